The normalized spacial score (nSPS) is 12.6. The molecular formula is C10H15BrN2. The van der Waals surface area contributed by atoms with Gasteiger partial charge in [-0.1, -0.05) is 22.9 Å². The Morgan fingerprint density at radius 3 is 2.85 bits per heavy atom. The van der Waals surface area contributed by atoms with Crippen molar-refractivity contribution in [2.75, 3.05) is 18.5 Å². The van der Waals surface area contributed by atoms with Crippen molar-refractivity contribution in [3.05, 3.63) is 24.0 Å². The third-order valence-corrected chi connectivity index (χ3v) is 2.22. The summed E-state index contributed by atoms with van der Waals surface area (Å²) in [5, 5.41) is 0. The van der Waals surface area contributed by atoms with Gasteiger partial charge in [0.25, 0.3) is 0 Å². The molecule has 3 heteroatoms. The summed E-state index contributed by atoms with van der Waals surface area (Å²) in [6, 6.07) is 2.05. The first-order valence-electron chi connectivity index (χ1n) is 4.37. The van der Waals surface area contributed by atoms with Crippen molar-refractivity contribution in [2.45, 2.75) is 18.7 Å². The number of nitrogens with zero attached hydrogens (tertiary/aromatic N) is 2. The van der Waals surface area contributed by atoms with Gasteiger partial charge in [0.05, 0.1) is 0 Å². The van der Waals surface area contributed by atoms with Gasteiger partial charge >= 0.3 is 0 Å². The summed E-state index contributed by atoms with van der Waals surface area (Å²) in [7, 11) is 2.10. The lowest BCUT2D eigenvalue weighted by molar-refractivity contribution is 0.872. The molecule has 2 nitrogen and oxygen atoms in total. The number of hydrogen-bond acceptors (Lipinski definition) is 2. The molecule has 0 radical (unpaired) electrons. The maximum Gasteiger partial charge on any atom is 0.0424 e. The second-order valence-corrected chi connectivity index (χ2v) is 4.89. The van der Waals surface area contributed by atoms with Crippen molar-refractivity contribution < 1.29 is 0 Å². The summed E-state index contributed by atoms with van der Waals surface area (Å²) in [6.07, 6.45) is 3.72. The molecule has 0 spiro atoms. The van der Waals surface area contributed by atoms with Gasteiger partial charge in [-0.15, -0.1) is 0 Å². The van der Waals surface area contributed by atoms with E-state index < -0.39 is 0 Å². The number of alkyl halides is 1. The van der Waals surface area contributed by atoms with Crippen LogP contribution in [0.4, 0.5) is 5.69 Å². The van der Waals surface area contributed by atoms with Crippen LogP contribution in [0.25, 0.3) is 0 Å². The SMILES string of the molecule is Cc1cnccc1N(C)CC(C)Br. The minimum absolute atomic E-state index is 0.505. The minimum atomic E-state index is 0.505. The van der Waals surface area contributed by atoms with Gasteiger partial charge in [-0.2, -0.15) is 0 Å². The molecule has 0 aromatic carbocycles. The molecule has 1 heterocycles. The molecule has 1 rings (SSSR count). The fourth-order valence-corrected chi connectivity index (χ4v) is 1.80. The van der Waals surface area contributed by atoms with Gasteiger partial charge in [-0.25, -0.2) is 0 Å². The Hall–Kier alpha value is -0.570. The highest BCUT2D eigenvalue weighted by molar-refractivity contribution is 9.09. The van der Waals surface area contributed by atoms with E-state index in [0.717, 1.165) is 6.54 Å². The van der Waals surface area contributed by atoms with Crippen LogP contribution in [0.5, 0.6) is 0 Å². The highest BCUT2D eigenvalue weighted by Gasteiger charge is 2.05. The van der Waals surface area contributed by atoms with E-state index in [9.17, 15) is 0 Å². The van der Waals surface area contributed by atoms with Crippen LogP contribution in [0, 0.1) is 6.92 Å². The van der Waals surface area contributed by atoms with E-state index in [-0.39, 0.29) is 0 Å². The Labute approximate surface area is 88.1 Å². The standard InChI is InChI=1S/C10H15BrN2/c1-8-6-12-5-4-10(8)13(3)7-9(2)11/h4-6,9H,7H2,1-3H3. The van der Waals surface area contributed by atoms with Crippen LogP contribution >= 0.6 is 15.9 Å². The van der Waals surface area contributed by atoms with E-state index in [1.54, 1.807) is 0 Å². The molecular weight excluding hydrogens is 228 g/mol. The third-order valence-electron chi connectivity index (χ3n) is 1.93. The van der Waals surface area contributed by atoms with Crippen molar-refractivity contribution in [2.24, 2.45) is 0 Å². The first kappa shape index (κ1) is 10.5. The lowest BCUT2D eigenvalue weighted by Gasteiger charge is -2.22. The van der Waals surface area contributed by atoms with Crippen molar-refractivity contribution in [3.8, 4) is 0 Å². The Morgan fingerprint density at radius 1 is 1.62 bits per heavy atom. The van der Waals surface area contributed by atoms with Crippen molar-refractivity contribution in [1.82, 2.24) is 4.98 Å². The average Bonchev–Trinajstić information content (AvgIpc) is 2.03. The Balaban J connectivity index is 2.76. The molecule has 0 bridgehead atoms. The predicted molar refractivity (Wildman–Crippen MR) is 60.6 cm³/mol. The molecule has 13 heavy (non-hydrogen) atoms. The van der Waals surface area contributed by atoms with E-state index >= 15 is 0 Å². The summed E-state index contributed by atoms with van der Waals surface area (Å²) in [5.74, 6) is 0. The number of rotatable bonds is 3. The van der Waals surface area contributed by atoms with E-state index in [4.69, 9.17) is 0 Å². The van der Waals surface area contributed by atoms with Gasteiger partial charge in [-0.3, -0.25) is 4.98 Å². The minimum Gasteiger partial charge on any atom is -0.373 e. The second kappa shape index (κ2) is 4.61. The molecule has 1 unspecified atom stereocenters. The van der Waals surface area contributed by atoms with Gasteiger partial charge in [0.2, 0.25) is 0 Å². The van der Waals surface area contributed by atoms with Gasteiger partial charge in [0.1, 0.15) is 0 Å². The third kappa shape index (κ3) is 2.99. The zero-order valence-corrected chi connectivity index (χ0v) is 9.87. The number of pyridine rings is 1. The molecule has 0 saturated heterocycles. The van der Waals surface area contributed by atoms with Crippen LogP contribution in [0.1, 0.15) is 12.5 Å². The molecule has 1 aromatic heterocycles. The van der Waals surface area contributed by atoms with E-state index in [1.165, 1.54) is 11.3 Å². The molecule has 0 amide bonds. The maximum absolute atomic E-state index is 4.07. The lowest BCUT2D eigenvalue weighted by atomic mass is 10.2. The maximum atomic E-state index is 4.07. The van der Waals surface area contributed by atoms with E-state index in [0.29, 0.717) is 4.83 Å². The second-order valence-electron chi connectivity index (χ2n) is 3.32. The number of aryl methyl sites for hydroxylation is 1. The first-order chi connectivity index (χ1) is 6.11. The van der Waals surface area contributed by atoms with Crippen LogP contribution in [-0.4, -0.2) is 23.4 Å². The molecule has 0 aliphatic carbocycles. The van der Waals surface area contributed by atoms with Gasteiger partial charge in [-0.05, 0) is 18.6 Å². The van der Waals surface area contributed by atoms with Crippen LogP contribution in [0.15, 0.2) is 18.5 Å². The summed E-state index contributed by atoms with van der Waals surface area (Å²) in [5.41, 5.74) is 2.47. The molecule has 72 valence electrons. The highest BCUT2D eigenvalue weighted by Crippen LogP contribution is 2.17. The Morgan fingerprint density at radius 2 is 2.31 bits per heavy atom. The summed E-state index contributed by atoms with van der Waals surface area (Å²) >= 11 is 3.54. The Bertz CT molecular complexity index is 273. The monoisotopic (exact) mass is 242 g/mol. The van der Waals surface area contributed by atoms with E-state index in [2.05, 4.69) is 46.7 Å². The first-order valence-corrected chi connectivity index (χ1v) is 5.28. The zero-order valence-electron chi connectivity index (χ0n) is 8.29. The zero-order chi connectivity index (χ0) is 9.84. The predicted octanol–water partition coefficient (Wildman–Crippen LogP) is 2.61. The van der Waals surface area contributed by atoms with Crippen LogP contribution in [0.2, 0.25) is 0 Å². The largest absolute Gasteiger partial charge is 0.373 e. The fraction of sp³-hybridized carbons (Fsp3) is 0.500. The van der Waals surface area contributed by atoms with Gasteiger partial charge < -0.3 is 4.90 Å². The Kier molecular flexibility index (Phi) is 3.72. The average molecular weight is 243 g/mol. The molecule has 0 aliphatic heterocycles. The molecule has 0 N–H and O–H groups in total. The van der Waals surface area contributed by atoms with Gasteiger partial charge in [0.15, 0.2) is 0 Å². The fourth-order valence-electron chi connectivity index (χ4n) is 1.37. The van der Waals surface area contributed by atoms with Gasteiger partial charge in [0, 0.05) is 36.5 Å². The van der Waals surface area contributed by atoms with E-state index in [1.807, 2.05) is 18.5 Å². The number of hydrogen-bond donors (Lipinski definition) is 0. The highest BCUT2D eigenvalue weighted by atomic mass is 79.9. The van der Waals surface area contributed by atoms with Crippen molar-refractivity contribution in [1.29, 1.82) is 0 Å². The molecule has 0 fully saturated rings. The smallest absolute Gasteiger partial charge is 0.0424 e. The summed E-state index contributed by atoms with van der Waals surface area (Å²) < 4.78 is 0. The van der Waals surface area contributed by atoms with Crippen molar-refractivity contribution in [3.63, 3.8) is 0 Å². The van der Waals surface area contributed by atoms with Crippen LogP contribution < -0.4 is 4.90 Å². The van der Waals surface area contributed by atoms with Crippen LogP contribution in [0.3, 0.4) is 0 Å². The molecule has 1 aromatic rings. The number of anilines is 1. The molecule has 1 atom stereocenters. The summed E-state index contributed by atoms with van der Waals surface area (Å²) in [4.78, 5) is 6.81. The van der Waals surface area contributed by atoms with Crippen molar-refractivity contribution >= 4 is 21.6 Å². The number of halogens is 1. The van der Waals surface area contributed by atoms with Crippen LogP contribution in [-0.2, 0) is 0 Å². The number of aromatic nitrogens is 1. The molecule has 0 aliphatic rings. The quantitative estimate of drug-likeness (QED) is 0.758. The summed E-state index contributed by atoms with van der Waals surface area (Å²) in [6.45, 7) is 5.23. The lowest BCUT2D eigenvalue weighted by Crippen LogP contribution is -2.24. The topological polar surface area (TPSA) is 16.1 Å². The molecule has 0 saturated carbocycles.